The van der Waals surface area contributed by atoms with Crippen LogP contribution in [-0.4, -0.2) is 0 Å². The normalized spacial score (nSPS) is 13.5. The molecule has 0 nitrogen and oxygen atoms in total. The van der Waals surface area contributed by atoms with E-state index < -0.39 is 0 Å². The van der Waals surface area contributed by atoms with E-state index in [-0.39, 0.29) is 5.41 Å². The highest BCUT2D eigenvalue weighted by Gasteiger charge is 2.36. The second-order valence-corrected chi connectivity index (χ2v) is 13.7. The molecule has 0 bridgehead atoms. The number of benzene rings is 8. The fourth-order valence-corrected chi connectivity index (χ4v) is 8.58. The highest BCUT2D eigenvalue weighted by Crippen LogP contribution is 2.56. The maximum Gasteiger partial charge on any atom is 0.0159 e. The first-order chi connectivity index (χ1) is 23.1. The predicted molar refractivity (Wildman–Crippen MR) is 200 cm³/mol. The van der Waals surface area contributed by atoms with Gasteiger partial charge in [-0.3, -0.25) is 0 Å². The summed E-state index contributed by atoms with van der Waals surface area (Å²) in [6.07, 6.45) is 0. The third kappa shape index (κ3) is 3.70. The standard InChI is InChI=1S/C47H32/c1-47(2)42-21-9-8-18-35(42)36-23-22-33(28-43(36)47)34-24-25-37(46-39-20-11-17-30-16-10-19-38(44(30)39)45(34)46)41-27-32-15-7-6-14-31(32)26-40(41)29-12-4-3-5-13-29/h3-28H,1-2H3. The van der Waals surface area contributed by atoms with Crippen LogP contribution in [0.1, 0.15) is 25.0 Å². The molecule has 2 aliphatic carbocycles. The molecule has 0 N–H and O–H groups in total. The van der Waals surface area contributed by atoms with Crippen LogP contribution in [0.4, 0.5) is 0 Å². The Hall–Kier alpha value is -5.72. The topological polar surface area (TPSA) is 0 Å². The smallest absolute Gasteiger partial charge is 0.0159 e. The molecule has 0 saturated carbocycles. The van der Waals surface area contributed by atoms with Crippen LogP contribution in [0.15, 0.2) is 158 Å². The van der Waals surface area contributed by atoms with Gasteiger partial charge < -0.3 is 0 Å². The van der Waals surface area contributed by atoms with Gasteiger partial charge in [-0.1, -0.05) is 153 Å². The van der Waals surface area contributed by atoms with Gasteiger partial charge >= 0.3 is 0 Å². The zero-order valence-electron chi connectivity index (χ0n) is 26.5. The average Bonchev–Trinajstić information content (AvgIpc) is 3.58. The molecule has 0 fully saturated rings. The largest absolute Gasteiger partial charge is 0.0622 e. The maximum absolute atomic E-state index is 2.47. The van der Waals surface area contributed by atoms with Crippen molar-refractivity contribution < 1.29 is 0 Å². The molecule has 47 heavy (non-hydrogen) atoms. The van der Waals surface area contributed by atoms with Crippen LogP contribution in [0.3, 0.4) is 0 Å². The molecular formula is C47H32. The Morgan fingerprint density at radius 2 is 0.872 bits per heavy atom. The lowest BCUT2D eigenvalue weighted by Crippen LogP contribution is -2.14. The quantitative estimate of drug-likeness (QED) is 0.190. The summed E-state index contributed by atoms with van der Waals surface area (Å²) < 4.78 is 0. The highest BCUT2D eigenvalue weighted by molar-refractivity contribution is 6.21. The van der Waals surface area contributed by atoms with Crippen molar-refractivity contribution in [3.8, 4) is 66.8 Å². The van der Waals surface area contributed by atoms with Gasteiger partial charge in [0.2, 0.25) is 0 Å². The van der Waals surface area contributed by atoms with Crippen LogP contribution in [0.2, 0.25) is 0 Å². The van der Waals surface area contributed by atoms with Gasteiger partial charge in [-0.15, -0.1) is 0 Å². The molecule has 220 valence electrons. The molecule has 0 aromatic heterocycles. The lowest BCUT2D eigenvalue weighted by atomic mass is 9.80. The van der Waals surface area contributed by atoms with Crippen LogP contribution >= 0.6 is 0 Å². The Labute approximate surface area is 275 Å². The van der Waals surface area contributed by atoms with Gasteiger partial charge in [0, 0.05) is 5.41 Å². The first-order valence-electron chi connectivity index (χ1n) is 16.6. The van der Waals surface area contributed by atoms with Gasteiger partial charge in [-0.25, -0.2) is 0 Å². The second kappa shape index (κ2) is 9.64. The van der Waals surface area contributed by atoms with E-state index in [4.69, 9.17) is 0 Å². The van der Waals surface area contributed by atoms with Crippen LogP contribution in [0, 0.1) is 0 Å². The zero-order chi connectivity index (χ0) is 31.3. The van der Waals surface area contributed by atoms with E-state index in [0.29, 0.717) is 0 Å². The van der Waals surface area contributed by atoms with Crippen LogP contribution < -0.4 is 0 Å². The molecule has 2 aliphatic rings. The minimum absolute atomic E-state index is 0.0519. The number of hydrogen-bond acceptors (Lipinski definition) is 0. The Balaban J connectivity index is 1.28. The summed E-state index contributed by atoms with van der Waals surface area (Å²) in [6.45, 7) is 4.74. The third-order valence-corrected chi connectivity index (χ3v) is 10.8. The van der Waals surface area contributed by atoms with Crippen molar-refractivity contribution in [2.24, 2.45) is 0 Å². The van der Waals surface area contributed by atoms with Gasteiger partial charge in [0.05, 0.1) is 0 Å². The van der Waals surface area contributed by atoms with Gasteiger partial charge in [-0.2, -0.15) is 0 Å². The summed E-state index contributed by atoms with van der Waals surface area (Å²) in [5, 5.41) is 5.17. The first-order valence-corrected chi connectivity index (χ1v) is 16.6. The number of fused-ring (bicyclic) bond motifs is 7. The van der Waals surface area contributed by atoms with Crippen molar-refractivity contribution in [1.29, 1.82) is 0 Å². The van der Waals surface area contributed by atoms with E-state index >= 15 is 0 Å². The van der Waals surface area contributed by atoms with E-state index in [1.165, 1.54) is 99.4 Å². The van der Waals surface area contributed by atoms with Crippen molar-refractivity contribution >= 4 is 21.5 Å². The second-order valence-electron chi connectivity index (χ2n) is 13.7. The Morgan fingerprint density at radius 1 is 0.319 bits per heavy atom. The van der Waals surface area contributed by atoms with Crippen molar-refractivity contribution in [3.05, 3.63) is 169 Å². The molecule has 0 spiro atoms. The van der Waals surface area contributed by atoms with Crippen LogP contribution in [0.5, 0.6) is 0 Å². The van der Waals surface area contributed by atoms with E-state index in [0.717, 1.165) is 0 Å². The minimum Gasteiger partial charge on any atom is -0.0622 e. The maximum atomic E-state index is 2.47. The predicted octanol–water partition coefficient (Wildman–Crippen LogP) is 12.9. The summed E-state index contributed by atoms with van der Waals surface area (Å²) in [7, 11) is 0. The molecule has 0 amide bonds. The van der Waals surface area contributed by atoms with Gasteiger partial charge in [0.1, 0.15) is 0 Å². The molecule has 0 heterocycles. The Kier molecular flexibility index (Phi) is 5.44. The molecule has 0 radical (unpaired) electrons. The monoisotopic (exact) mass is 596 g/mol. The SMILES string of the molecule is CC1(C)c2ccccc2-c2ccc(-c3ccc(-c4cc5ccccc5cc4-c4ccccc4)c4c3-c3cccc5cccc-4c35)cc21. The minimum atomic E-state index is -0.0519. The average molecular weight is 597 g/mol. The zero-order valence-corrected chi connectivity index (χ0v) is 26.5. The molecule has 0 heteroatoms. The molecule has 0 unspecified atom stereocenters. The summed E-state index contributed by atoms with van der Waals surface area (Å²) in [5.41, 5.74) is 18.4. The molecular weight excluding hydrogens is 565 g/mol. The van der Waals surface area contributed by atoms with E-state index in [1.807, 2.05) is 0 Å². The van der Waals surface area contributed by atoms with Crippen LogP contribution in [-0.2, 0) is 5.41 Å². The van der Waals surface area contributed by atoms with Gasteiger partial charge in [-0.05, 0) is 118 Å². The van der Waals surface area contributed by atoms with E-state index in [9.17, 15) is 0 Å². The lowest BCUT2D eigenvalue weighted by Gasteiger charge is -2.23. The summed E-state index contributed by atoms with van der Waals surface area (Å²) >= 11 is 0. The Morgan fingerprint density at radius 3 is 1.64 bits per heavy atom. The van der Waals surface area contributed by atoms with Crippen LogP contribution in [0.25, 0.3) is 88.3 Å². The molecule has 0 atom stereocenters. The molecule has 8 aromatic rings. The van der Waals surface area contributed by atoms with Crippen molar-refractivity contribution in [3.63, 3.8) is 0 Å². The molecule has 0 aliphatic heterocycles. The van der Waals surface area contributed by atoms with Crippen molar-refractivity contribution in [2.75, 3.05) is 0 Å². The molecule has 8 aromatic carbocycles. The first kappa shape index (κ1) is 26.5. The van der Waals surface area contributed by atoms with Gasteiger partial charge in [0.15, 0.2) is 0 Å². The number of rotatable bonds is 3. The van der Waals surface area contributed by atoms with Crippen molar-refractivity contribution in [2.45, 2.75) is 19.3 Å². The summed E-state index contributed by atoms with van der Waals surface area (Å²) in [6, 6.07) is 58.9. The van der Waals surface area contributed by atoms with E-state index in [2.05, 4.69) is 172 Å². The summed E-state index contributed by atoms with van der Waals surface area (Å²) in [4.78, 5) is 0. The fraction of sp³-hybridized carbons (Fsp3) is 0.0638. The number of hydrogen-bond donors (Lipinski definition) is 0. The molecule has 10 rings (SSSR count). The van der Waals surface area contributed by atoms with E-state index in [1.54, 1.807) is 0 Å². The summed E-state index contributed by atoms with van der Waals surface area (Å²) in [5.74, 6) is 0. The fourth-order valence-electron chi connectivity index (χ4n) is 8.58. The lowest BCUT2D eigenvalue weighted by molar-refractivity contribution is 0.660. The third-order valence-electron chi connectivity index (χ3n) is 10.8. The highest BCUT2D eigenvalue weighted by atomic mass is 14.4. The van der Waals surface area contributed by atoms with Gasteiger partial charge in [0.25, 0.3) is 0 Å². The molecule has 0 saturated heterocycles. The Bertz CT molecular complexity index is 2580. The van der Waals surface area contributed by atoms with Crippen molar-refractivity contribution in [1.82, 2.24) is 0 Å².